The summed E-state index contributed by atoms with van der Waals surface area (Å²) in [6.45, 7) is 1.81. The van der Waals surface area contributed by atoms with Gasteiger partial charge in [0.05, 0.1) is 6.04 Å². The Hall–Kier alpha value is -0.920. The number of thioether (sulfide) groups is 2. The lowest BCUT2D eigenvalue weighted by molar-refractivity contribution is 0.470. The first-order valence-corrected chi connectivity index (χ1v) is 7.98. The van der Waals surface area contributed by atoms with Crippen molar-refractivity contribution in [3.63, 3.8) is 0 Å². The summed E-state index contributed by atoms with van der Waals surface area (Å²) >= 11 is 9.29. The zero-order valence-corrected chi connectivity index (χ0v) is 12.4. The smallest absolute Gasteiger partial charge is 0.251 e. The van der Waals surface area contributed by atoms with Crippen molar-refractivity contribution in [1.82, 2.24) is 14.9 Å². The maximum absolute atomic E-state index is 11.4. The summed E-state index contributed by atoms with van der Waals surface area (Å²) in [4.78, 5) is 24.8. The molecule has 1 N–H and O–H groups in total. The lowest BCUT2D eigenvalue weighted by atomic mass is 10.3. The number of aliphatic imine (C=N–C) groups is 1. The average Bonchev–Trinajstić information content (AvgIpc) is 2.86. The van der Waals surface area contributed by atoms with Gasteiger partial charge in [-0.15, -0.1) is 0 Å². The van der Waals surface area contributed by atoms with Crippen LogP contribution in [0.3, 0.4) is 0 Å². The Bertz CT molecular complexity index is 615. The number of amidine groups is 1. The van der Waals surface area contributed by atoms with Gasteiger partial charge in [-0.1, -0.05) is 35.1 Å². The number of fused-ring (bicyclic) bond motifs is 1. The molecule has 1 aromatic heterocycles. The first-order valence-electron chi connectivity index (χ1n) is 5.68. The summed E-state index contributed by atoms with van der Waals surface area (Å²) in [6, 6.07) is 1.57. The quantitative estimate of drug-likeness (QED) is 0.400. The molecule has 2 aliphatic rings. The zero-order chi connectivity index (χ0) is 13.4. The van der Waals surface area contributed by atoms with E-state index in [2.05, 4.69) is 19.9 Å². The van der Waals surface area contributed by atoms with E-state index in [1.807, 2.05) is 11.6 Å². The van der Waals surface area contributed by atoms with Crippen LogP contribution in [0.2, 0.25) is 0 Å². The number of alkyl halides is 1. The second-order valence-corrected chi connectivity index (χ2v) is 6.49. The molecule has 0 bridgehead atoms. The molecule has 0 aliphatic carbocycles. The van der Waals surface area contributed by atoms with E-state index in [0.29, 0.717) is 10.9 Å². The highest BCUT2D eigenvalue weighted by molar-refractivity contribution is 8.16. The summed E-state index contributed by atoms with van der Waals surface area (Å²) in [5.74, 6) is 0.721. The Labute approximate surface area is 123 Å². The molecule has 0 saturated heterocycles. The highest BCUT2D eigenvalue weighted by atomic mass is 35.5. The van der Waals surface area contributed by atoms with Gasteiger partial charge in [-0.05, 0) is 12.3 Å². The number of aromatic amines is 1. The molecule has 19 heavy (non-hydrogen) atoms. The fraction of sp³-hybridized carbons (Fsp3) is 0.364. The minimum atomic E-state index is -0.253. The standard InChI is InChI=1S/C11H11ClN4OS2/c1-6-4-8(17)14-10(13-6)19-5-7-9(12)15-11-16(7)2-3-18-11/h2-4,7,9H,5H2,1H3,(H,13,14,17). The highest BCUT2D eigenvalue weighted by Crippen LogP contribution is 2.34. The fourth-order valence-electron chi connectivity index (χ4n) is 1.90. The molecule has 3 heterocycles. The summed E-state index contributed by atoms with van der Waals surface area (Å²) in [6.07, 6.45) is 1.99. The average molecular weight is 315 g/mol. The summed E-state index contributed by atoms with van der Waals surface area (Å²) in [5.41, 5.74) is 0.336. The molecule has 1 aromatic rings. The van der Waals surface area contributed by atoms with E-state index in [1.54, 1.807) is 18.7 Å². The highest BCUT2D eigenvalue weighted by Gasteiger charge is 2.36. The Morgan fingerprint density at radius 3 is 3.26 bits per heavy atom. The molecule has 0 radical (unpaired) electrons. The SMILES string of the molecule is Cc1cc(=O)[nH]c(SCC2C(Cl)N=C3SC=CN32)n1. The maximum Gasteiger partial charge on any atom is 0.251 e. The van der Waals surface area contributed by atoms with Gasteiger partial charge in [0.15, 0.2) is 10.3 Å². The van der Waals surface area contributed by atoms with E-state index in [1.165, 1.54) is 17.8 Å². The molecule has 0 saturated carbocycles. The number of halogens is 1. The first-order chi connectivity index (χ1) is 9.13. The predicted molar refractivity (Wildman–Crippen MR) is 79.8 cm³/mol. The van der Waals surface area contributed by atoms with E-state index < -0.39 is 0 Å². The number of hydrogen-bond acceptors (Lipinski definition) is 6. The van der Waals surface area contributed by atoms with Gasteiger partial charge < -0.3 is 9.88 Å². The third kappa shape index (κ3) is 2.68. The van der Waals surface area contributed by atoms with Crippen molar-refractivity contribution in [1.29, 1.82) is 0 Å². The van der Waals surface area contributed by atoms with Crippen LogP contribution in [0.25, 0.3) is 0 Å². The van der Waals surface area contributed by atoms with Crippen LogP contribution in [0, 0.1) is 6.92 Å². The van der Waals surface area contributed by atoms with Gasteiger partial charge in [-0.25, -0.2) is 9.98 Å². The van der Waals surface area contributed by atoms with E-state index >= 15 is 0 Å². The van der Waals surface area contributed by atoms with Crippen LogP contribution in [0.4, 0.5) is 0 Å². The summed E-state index contributed by atoms with van der Waals surface area (Å²) < 4.78 is 0. The van der Waals surface area contributed by atoms with E-state index in [0.717, 1.165) is 10.9 Å². The molecule has 0 aromatic carbocycles. The van der Waals surface area contributed by atoms with Crippen molar-refractivity contribution >= 4 is 40.3 Å². The molecule has 2 atom stereocenters. The van der Waals surface area contributed by atoms with Crippen molar-refractivity contribution in [3.05, 3.63) is 33.7 Å². The molecular formula is C11H11ClN4OS2. The number of rotatable bonds is 3. The number of hydrogen-bond donors (Lipinski definition) is 1. The summed E-state index contributed by atoms with van der Waals surface area (Å²) in [7, 11) is 0. The van der Waals surface area contributed by atoms with Crippen LogP contribution in [0.5, 0.6) is 0 Å². The van der Waals surface area contributed by atoms with Crippen molar-refractivity contribution in [2.45, 2.75) is 23.6 Å². The van der Waals surface area contributed by atoms with Gasteiger partial charge in [0, 0.05) is 23.7 Å². The topological polar surface area (TPSA) is 61.4 Å². The fourth-order valence-corrected chi connectivity index (χ4v) is 4.22. The van der Waals surface area contributed by atoms with Crippen LogP contribution >= 0.6 is 35.1 Å². The van der Waals surface area contributed by atoms with Crippen molar-refractivity contribution in [3.8, 4) is 0 Å². The Morgan fingerprint density at radius 2 is 2.47 bits per heavy atom. The van der Waals surface area contributed by atoms with Crippen LogP contribution in [0.15, 0.2) is 32.6 Å². The van der Waals surface area contributed by atoms with Gasteiger partial charge >= 0.3 is 0 Å². The zero-order valence-electron chi connectivity index (χ0n) is 10.0. The second-order valence-electron chi connectivity index (χ2n) is 4.16. The Balaban J connectivity index is 1.69. The number of nitrogens with zero attached hydrogens (tertiary/aromatic N) is 3. The molecule has 8 heteroatoms. The van der Waals surface area contributed by atoms with Crippen LogP contribution in [0.1, 0.15) is 5.69 Å². The first kappa shape index (κ1) is 13.1. The third-order valence-corrected chi connectivity index (χ3v) is 4.91. The van der Waals surface area contributed by atoms with Crippen molar-refractivity contribution < 1.29 is 0 Å². The van der Waals surface area contributed by atoms with Gasteiger partial charge in [-0.2, -0.15) is 0 Å². The lowest BCUT2D eigenvalue weighted by Gasteiger charge is -2.21. The molecule has 3 rings (SSSR count). The van der Waals surface area contributed by atoms with Crippen molar-refractivity contribution in [2.24, 2.45) is 4.99 Å². The van der Waals surface area contributed by atoms with Crippen LogP contribution < -0.4 is 5.56 Å². The van der Waals surface area contributed by atoms with E-state index in [4.69, 9.17) is 11.6 Å². The Morgan fingerprint density at radius 1 is 1.63 bits per heavy atom. The third-order valence-electron chi connectivity index (χ3n) is 2.76. The Kier molecular flexibility index (Phi) is 3.60. The van der Waals surface area contributed by atoms with Gasteiger partial charge in [0.25, 0.3) is 5.56 Å². The molecule has 5 nitrogen and oxygen atoms in total. The number of H-pyrrole nitrogens is 1. The molecule has 100 valence electrons. The van der Waals surface area contributed by atoms with E-state index in [9.17, 15) is 4.79 Å². The normalized spacial score (nSPS) is 24.7. The maximum atomic E-state index is 11.4. The van der Waals surface area contributed by atoms with E-state index in [-0.39, 0.29) is 17.1 Å². The molecule has 0 spiro atoms. The van der Waals surface area contributed by atoms with Gasteiger partial charge in [-0.3, -0.25) is 4.79 Å². The lowest BCUT2D eigenvalue weighted by Crippen LogP contribution is -2.33. The van der Waals surface area contributed by atoms with Gasteiger partial charge in [0.2, 0.25) is 0 Å². The van der Waals surface area contributed by atoms with Crippen LogP contribution in [-0.4, -0.2) is 37.3 Å². The summed E-state index contributed by atoms with van der Waals surface area (Å²) in [5, 5.41) is 3.56. The minimum absolute atomic E-state index is 0.0960. The molecule has 2 unspecified atom stereocenters. The number of aromatic nitrogens is 2. The second kappa shape index (κ2) is 5.22. The van der Waals surface area contributed by atoms with Crippen LogP contribution in [-0.2, 0) is 0 Å². The largest absolute Gasteiger partial charge is 0.320 e. The van der Waals surface area contributed by atoms with Gasteiger partial charge in [0.1, 0.15) is 5.50 Å². The molecule has 0 fully saturated rings. The molecule has 0 amide bonds. The van der Waals surface area contributed by atoms with Crippen molar-refractivity contribution in [2.75, 3.05) is 5.75 Å². The minimum Gasteiger partial charge on any atom is -0.320 e. The number of nitrogens with one attached hydrogen (secondary N) is 1. The molecular weight excluding hydrogens is 304 g/mol. The molecule has 2 aliphatic heterocycles. The predicted octanol–water partition coefficient (Wildman–Crippen LogP) is 1.99. The monoisotopic (exact) mass is 314 g/mol. The number of aryl methyl sites for hydroxylation is 1.